The van der Waals surface area contributed by atoms with Crippen LogP contribution in [0.5, 0.6) is 5.75 Å². The number of hydrogen-bond acceptors (Lipinski definition) is 5. The molecule has 130 valence electrons. The molecule has 1 atom stereocenters. The smallest absolute Gasteiger partial charge is 0.269 e. The van der Waals surface area contributed by atoms with Crippen LogP contribution in [0.3, 0.4) is 0 Å². The molecule has 0 heterocycles. The third-order valence-corrected chi connectivity index (χ3v) is 3.53. The number of amides is 1. The number of non-ortho nitro benzene ring substituents is 1. The van der Waals surface area contributed by atoms with Gasteiger partial charge in [-0.1, -0.05) is 6.92 Å². The van der Waals surface area contributed by atoms with E-state index in [9.17, 15) is 19.7 Å². The number of nitrogens with one attached hydrogen (secondary N) is 1. The first-order valence-corrected chi connectivity index (χ1v) is 7.76. The lowest BCUT2D eigenvalue weighted by atomic mass is 10.1. The molecular weight excluding hydrogens is 324 g/mol. The minimum atomic E-state index is -0.775. The zero-order valence-electron chi connectivity index (χ0n) is 13.9. The normalized spacial score (nSPS) is 11.4. The summed E-state index contributed by atoms with van der Waals surface area (Å²) in [5, 5.41) is 13.2. The van der Waals surface area contributed by atoms with Crippen molar-refractivity contribution in [1.82, 2.24) is 0 Å². The molecule has 2 rings (SSSR count). The van der Waals surface area contributed by atoms with E-state index in [4.69, 9.17) is 4.74 Å². The van der Waals surface area contributed by atoms with Crippen LogP contribution < -0.4 is 10.1 Å². The number of anilines is 1. The van der Waals surface area contributed by atoms with Crippen LogP contribution in [0.15, 0.2) is 48.5 Å². The van der Waals surface area contributed by atoms with Crippen molar-refractivity contribution < 1.29 is 19.2 Å². The third-order valence-electron chi connectivity index (χ3n) is 3.53. The zero-order chi connectivity index (χ0) is 18.4. The van der Waals surface area contributed by atoms with Crippen molar-refractivity contribution in [1.29, 1.82) is 0 Å². The van der Waals surface area contributed by atoms with Crippen molar-refractivity contribution in [2.75, 3.05) is 5.32 Å². The van der Waals surface area contributed by atoms with Gasteiger partial charge in [-0.25, -0.2) is 0 Å². The monoisotopic (exact) mass is 342 g/mol. The highest BCUT2D eigenvalue weighted by atomic mass is 16.6. The SMILES string of the molecule is CCC(=O)c1ccc(O[C@@H](C)C(=O)Nc2ccc([N+](=O)[O-])cc2)cc1. The molecule has 0 unspecified atom stereocenters. The number of nitro benzene ring substituents is 1. The molecule has 7 nitrogen and oxygen atoms in total. The maximum atomic E-state index is 12.1. The van der Waals surface area contributed by atoms with E-state index < -0.39 is 11.0 Å². The van der Waals surface area contributed by atoms with Gasteiger partial charge in [0.15, 0.2) is 11.9 Å². The number of rotatable bonds is 7. The second-order valence-corrected chi connectivity index (χ2v) is 5.35. The molecule has 0 saturated carbocycles. The molecule has 25 heavy (non-hydrogen) atoms. The van der Waals surface area contributed by atoms with Crippen molar-refractivity contribution in [3.05, 3.63) is 64.2 Å². The molecule has 0 spiro atoms. The Labute approximate surface area is 144 Å². The number of hydrogen-bond donors (Lipinski definition) is 1. The number of benzene rings is 2. The molecular formula is C18H18N2O5. The van der Waals surface area contributed by atoms with E-state index in [0.29, 0.717) is 23.4 Å². The summed E-state index contributed by atoms with van der Waals surface area (Å²) in [4.78, 5) is 33.8. The molecule has 7 heteroatoms. The lowest BCUT2D eigenvalue weighted by Crippen LogP contribution is -2.30. The Kier molecular flexibility index (Phi) is 5.84. The average molecular weight is 342 g/mol. The zero-order valence-corrected chi connectivity index (χ0v) is 13.9. The lowest BCUT2D eigenvalue weighted by Gasteiger charge is -2.15. The Morgan fingerprint density at radius 3 is 2.24 bits per heavy atom. The molecule has 1 N–H and O–H groups in total. The molecule has 0 aliphatic carbocycles. The molecule has 1 amide bonds. The fourth-order valence-electron chi connectivity index (χ4n) is 2.09. The molecule has 0 aliphatic heterocycles. The number of ketones is 1. The van der Waals surface area contributed by atoms with Gasteiger partial charge in [-0.15, -0.1) is 0 Å². The molecule has 0 aliphatic rings. The highest BCUT2D eigenvalue weighted by molar-refractivity contribution is 5.96. The van der Waals surface area contributed by atoms with Crippen LogP contribution in [0.25, 0.3) is 0 Å². The predicted molar refractivity (Wildman–Crippen MR) is 92.9 cm³/mol. The Morgan fingerprint density at radius 1 is 1.12 bits per heavy atom. The van der Waals surface area contributed by atoms with Crippen molar-refractivity contribution in [3.8, 4) is 5.75 Å². The van der Waals surface area contributed by atoms with E-state index in [1.165, 1.54) is 24.3 Å². The van der Waals surface area contributed by atoms with Gasteiger partial charge in [0.2, 0.25) is 0 Å². The van der Waals surface area contributed by atoms with Gasteiger partial charge in [0.25, 0.3) is 11.6 Å². The van der Waals surface area contributed by atoms with Gasteiger partial charge in [0, 0.05) is 29.8 Å². The first-order chi connectivity index (χ1) is 11.9. The summed E-state index contributed by atoms with van der Waals surface area (Å²) in [5.41, 5.74) is 0.983. The van der Waals surface area contributed by atoms with Gasteiger partial charge < -0.3 is 10.1 Å². The van der Waals surface area contributed by atoms with E-state index in [2.05, 4.69) is 5.32 Å². The number of ether oxygens (including phenoxy) is 1. The van der Waals surface area contributed by atoms with Crippen molar-refractivity contribution in [2.45, 2.75) is 26.4 Å². The minimum Gasteiger partial charge on any atom is -0.481 e. The van der Waals surface area contributed by atoms with Crippen LogP contribution in [0, 0.1) is 10.1 Å². The second-order valence-electron chi connectivity index (χ2n) is 5.35. The van der Waals surface area contributed by atoms with E-state index >= 15 is 0 Å². The standard InChI is InChI=1S/C18H18N2O5/c1-3-17(21)13-4-10-16(11-5-13)25-12(2)18(22)19-14-6-8-15(9-7-14)20(23)24/h4-12H,3H2,1-2H3,(H,19,22)/t12-/m0/s1. The largest absolute Gasteiger partial charge is 0.481 e. The fraction of sp³-hybridized carbons (Fsp3) is 0.222. The van der Waals surface area contributed by atoms with Gasteiger partial charge in [-0.2, -0.15) is 0 Å². The summed E-state index contributed by atoms with van der Waals surface area (Å²) in [6.07, 6.45) is -0.350. The fourth-order valence-corrected chi connectivity index (χ4v) is 2.09. The van der Waals surface area contributed by atoms with Crippen molar-refractivity contribution in [2.24, 2.45) is 0 Å². The summed E-state index contributed by atoms with van der Waals surface area (Å²) in [6.45, 7) is 3.38. The number of nitro groups is 1. The van der Waals surface area contributed by atoms with Gasteiger partial charge >= 0.3 is 0 Å². The summed E-state index contributed by atoms with van der Waals surface area (Å²) in [5.74, 6) is 0.122. The Bertz CT molecular complexity index is 769. The van der Waals surface area contributed by atoms with E-state index in [1.54, 1.807) is 38.1 Å². The van der Waals surface area contributed by atoms with Crippen molar-refractivity contribution in [3.63, 3.8) is 0 Å². The number of Topliss-reactive ketones (excluding diaryl/α,β-unsaturated/α-hetero) is 1. The molecule has 0 radical (unpaired) electrons. The average Bonchev–Trinajstić information content (AvgIpc) is 2.62. The van der Waals surface area contributed by atoms with Crippen LogP contribution in [0.1, 0.15) is 30.6 Å². The molecule has 0 aromatic heterocycles. The highest BCUT2D eigenvalue weighted by Gasteiger charge is 2.16. The number of nitrogens with zero attached hydrogens (tertiary/aromatic N) is 1. The summed E-state index contributed by atoms with van der Waals surface area (Å²) < 4.78 is 5.55. The van der Waals surface area contributed by atoms with E-state index in [0.717, 1.165) is 0 Å². The maximum Gasteiger partial charge on any atom is 0.269 e. The first kappa shape index (κ1) is 18.1. The number of carbonyl (C=O) groups is 2. The van der Waals surface area contributed by atoms with Crippen LogP contribution in [-0.2, 0) is 4.79 Å². The van der Waals surface area contributed by atoms with Crippen LogP contribution in [0.4, 0.5) is 11.4 Å². The molecule has 0 fully saturated rings. The Hall–Kier alpha value is -3.22. The summed E-state index contributed by atoms with van der Waals surface area (Å²) in [6, 6.07) is 12.1. The van der Waals surface area contributed by atoms with Gasteiger partial charge in [0.05, 0.1) is 4.92 Å². The summed E-state index contributed by atoms with van der Waals surface area (Å²) >= 11 is 0. The van der Waals surface area contributed by atoms with E-state index in [1.807, 2.05) is 0 Å². The van der Waals surface area contributed by atoms with E-state index in [-0.39, 0.29) is 17.4 Å². The molecule has 0 bridgehead atoms. The molecule has 2 aromatic rings. The van der Waals surface area contributed by atoms with Gasteiger partial charge in [-0.05, 0) is 43.3 Å². The quantitative estimate of drug-likeness (QED) is 0.471. The first-order valence-electron chi connectivity index (χ1n) is 7.76. The number of carbonyl (C=O) groups excluding carboxylic acids is 2. The van der Waals surface area contributed by atoms with Crippen LogP contribution in [0.2, 0.25) is 0 Å². The third kappa shape index (κ3) is 4.87. The second kappa shape index (κ2) is 8.05. The van der Waals surface area contributed by atoms with Gasteiger partial charge in [0.1, 0.15) is 5.75 Å². The maximum absolute atomic E-state index is 12.1. The van der Waals surface area contributed by atoms with Crippen LogP contribution in [-0.4, -0.2) is 22.7 Å². The predicted octanol–water partition coefficient (Wildman–Crippen LogP) is 3.59. The topological polar surface area (TPSA) is 98.5 Å². The van der Waals surface area contributed by atoms with Gasteiger partial charge in [-0.3, -0.25) is 19.7 Å². The minimum absolute atomic E-state index is 0.0375. The van der Waals surface area contributed by atoms with Crippen molar-refractivity contribution >= 4 is 23.1 Å². The molecule has 0 saturated heterocycles. The molecule has 2 aromatic carbocycles. The highest BCUT2D eigenvalue weighted by Crippen LogP contribution is 2.18. The lowest BCUT2D eigenvalue weighted by molar-refractivity contribution is -0.384. The Morgan fingerprint density at radius 2 is 1.72 bits per heavy atom. The van der Waals surface area contributed by atoms with Crippen LogP contribution >= 0.6 is 0 Å². The summed E-state index contributed by atoms with van der Waals surface area (Å²) in [7, 11) is 0. The Balaban J connectivity index is 1.95.